The van der Waals surface area contributed by atoms with Gasteiger partial charge < -0.3 is 35.3 Å². The van der Waals surface area contributed by atoms with Crippen LogP contribution in [0.4, 0.5) is 0 Å². The number of hydrogen-bond acceptors (Lipinski definition) is 7. The van der Waals surface area contributed by atoms with Crippen LogP contribution in [0, 0.1) is 0 Å². The Labute approximate surface area is 265 Å². The lowest BCUT2D eigenvalue weighted by Crippen LogP contribution is -2.30. The highest BCUT2D eigenvalue weighted by molar-refractivity contribution is 6.82. The van der Waals surface area contributed by atoms with Crippen LogP contribution in [0.5, 0.6) is 0 Å². The van der Waals surface area contributed by atoms with Gasteiger partial charge in [-0.15, -0.1) is 0 Å². The van der Waals surface area contributed by atoms with E-state index in [1.165, 1.54) is 42.7 Å². The number of aliphatic hydroxyl groups excluding tert-OH is 3. The zero-order valence-corrected chi connectivity index (χ0v) is 33.7. The third kappa shape index (κ3) is 36.8. The van der Waals surface area contributed by atoms with Crippen molar-refractivity contribution in [1.82, 2.24) is 0 Å². The Balaban J connectivity index is 0. The van der Waals surface area contributed by atoms with Gasteiger partial charge in [0.25, 0.3) is 0 Å². The van der Waals surface area contributed by atoms with Crippen LogP contribution >= 0.6 is 0 Å². The minimum atomic E-state index is -1.05. The highest BCUT2D eigenvalue weighted by Gasteiger charge is 2.25. The molecule has 256 valence electrons. The zero-order chi connectivity index (χ0) is 32.7. The second-order valence-electron chi connectivity index (χ2n) is 16.1. The molecule has 0 aromatic rings. The van der Waals surface area contributed by atoms with E-state index in [4.69, 9.17) is 30.2 Å². The number of rotatable bonds is 23. The molecule has 11 heteroatoms. The first-order valence-corrected chi connectivity index (χ1v) is 31.0. The summed E-state index contributed by atoms with van der Waals surface area (Å²) in [5, 5.41) is 26.2. The standard InChI is InChI=1S/C16H38O3Si2.C13H30O2Si2.C2H7NO/c1-20(2,3)13-14-21(4,5)12-8-11-19-15-16(18)9-6-7-10-17;1-16(2,3)9-10-17(4,5)8-6-7-14-11-13-12-15-13;3-1-2-4/h16-18H,6-15H2,1-5H3;13H,6-12H2,1-5H3;4H,1-3H2. The predicted octanol–water partition coefficient (Wildman–Crippen LogP) is 6.74. The number of epoxide rings is 1. The average Bonchev–Trinajstić information content (AvgIpc) is 3.70. The average molecular weight is 670 g/mol. The molecule has 2 unspecified atom stereocenters. The molecule has 0 saturated carbocycles. The Morgan fingerprint density at radius 2 is 1.14 bits per heavy atom. The summed E-state index contributed by atoms with van der Waals surface area (Å²) in [4.78, 5) is 0. The largest absolute Gasteiger partial charge is 0.396 e. The van der Waals surface area contributed by atoms with Gasteiger partial charge in [0.05, 0.1) is 32.5 Å². The molecule has 0 bridgehead atoms. The van der Waals surface area contributed by atoms with Gasteiger partial charge in [0.1, 0.15) is 6.10 Å². The second kappa shape index (κ2) is 24.8. The zero-order valence-electron chi connectivity index (χ0n) is 29.7. The van der Waals surface area contributed by atoms with Crippen molar-refractivity contribution in [2.75, 3.05) is 52.8 Å². The van der Waals surface area contributed by atoms with E-state index in [0.717, 1.165) is 52.1 Å². The van der Waals surface area contributed by atoms with Crippen molar-refractivity contribution in [1.29, 1.82) is 0 Å². The molecular weight excluding hydrogens is 595 g/mol. The topological polar surface area (TPSA) is 118 Å². The summed E-state index contributed by atoms with van der Waals surface area (Å²) < 4.78 is 16.3. The molecule has 7 nitrogen and oxygen atoms in total. The Morgan fingerprint density at radius 1 is 0.690 bits per heavy atom. The lowest BCUT2D eigenvalue weighted by atomic mass is 10.2. The smallest absolute Gasteiger partial charge is 0.104 e. The normalized spacial score (nSPS) is 16.3. The molecule has 0 aromatic heterocycles. The quantitative estimate of drug-likeness (QED) is 0.0541. The molecular formula is C31H75NO6Si4. The Hall–Kier alpha value is 0.588. The fourth-order valence-corrected chi connectivity index (χ4v) is 18.3. The lowest BCUT2D eigenvalue weighted by molar-refractivity contribution is 0.0310. The van der Waals surface area contributed by atoms with Crippen molar-refractivity contribution in [3.63, 3.8) is 0 Å². The molecule has 5 N–H and O–H groups in total. The molecule has 42 heavy (non-hydrogen) atoms. The van der Waals surface area contributed by atoms with Gasteiger partial charge >= 0.3 is 0 Å². The molecule has 0 aromatic carbocycles. The van der Waals surface area contributed by atoms with Gasteiger partial charge in [-0.05, 0) is 32.1 Å². The maximum absolute atomic E-state index is 9.72. The summed E-state index contributed by atoms with van der Waals surface area (Å²) in [6.45, 7) is 29.5. The van der Waals surface area contributed by atoms with Gasteiger partial charge in [0, 0.05) is 58.7 Å². The number of ether oxygens (including phenoxy) is 3. The maximum Gasteiger partial charge on any atom is 0.104 e. The summed E-state index contributed by atoms with van der Waals surface area (Å²) in [6.07, 6.45) is 4.81. The molecule has 0 radical (unpaired) electrons. The molecule has 0 spiro atoms. The highest BCUT2D eigenvalue weighted by atomic mass is 28.3. The van der Waals surface area contributed by atoms with Gasteiger partial charge in [-0.1, -0.05) is 102 Å². The minimum Gasteiger partial charge on any atom is -0.396 e. The first kappa shape index (κ1) is 44.7. The lowest BCUT2D eigenvalue weighted by Gasteiger charge is -2.26. The molecule has 0 amide bonds. The van der Waals surface area contributed by atoms with Crippen molar-refractivity contribution in [2.24, 2.45) is 5.73 Å². The predicted molar refractivity (Wildman–Crippen MR) is 194 cm³/mol. The molecule has 1 aliphatic heterocycles. The van der Waals surface area contributed by atoms with E-state index in [1.54, 1.807) is 0 Å². The SMILES string of the molecule is C[Si](C)(C)CC[Si](C)(C)CCCOCC(O)CCCCO.C[Si](C)(C)CC[Si](C)(C)CCCOCC1CO1.NCCO. The van der Waals surface area contributed by atoms with Crippen molar-refractivity contribution in [2.45, 2.75) is 146 Å². The van der Waals surface area contributed by atoms with Gasteiger partial charge in [-0.3, -0.25) is 0 Å². The van der Waals surface area contributed by atoms with Crippen molar-refractivity contribution < 1.29 is 29.5 Å². The summed E-state index contributed by atoms with van der Waals surface area (Å²) in [6, 6.07) is 8.67. The van der Waals surface area contributed by atoms with Gasteiger partial charge in [-0.2, -0.15) is 0 Å². The van der Waals surface area contributed by atoms with Crippen LogP contribution in [0.15, 0.2) is 0 Å². The van der Waals surface area contributed by atoms with Crippen LogP contribution in [-0.2, 0) is 14.2 Å². The number of hydrogen-bond donors (Lipinski definition) is 4. The van der Waals surface area contributed by atoms with Crippen molar-refractivity contribution >= 4 is 32.3 Å². The summed E-state index contributed by atoms with van der Waals surface area (Å²) >= 11 is 0. The highest BCUT2D eigenvalue weighted by Crippen LogP contribution is 2.25. The van der Waals surface area contributed by atoms with Crippen LogP contribution in [0.1, 0.15) is 32.1 Å². The maximum atomic E-state index is 9.72. The first-order valence-electron chi connectivity index (χ1n) is 16.7. The van der Waals surface area contributed by atoms with Crippen LogP contribution in [0.2, 0.25) is 102 Å². The van der Waals surface area contributed by atoms with E-state index in [1.807, 2.05) is 0 Å². The second-order valence-corrected chi connectivity index (χ2v) is 38.0. The Morgan fingerprint density at radius 3 is 1.52 bits per heavy atom. The third-order valence-corrected chi connectivity index (χ3v) is 18.6. The molecule has 1 rings (SSSR count). The first-order chi connectivity index (χ1) is 19.4. The summed E-state index contributed by atoms with van der Waals surface area (Å²) in [7, 11) is -3.74. The molecule has 1 heterocycles. The van der Waals surface area contributed by atoms with Crippen molar-refractivity contribution in [3.8, 4) is 0 Å². The van der Waals surface area contributed by atoms with Crippen LogP contribution in [0.25, 0.3) is 0 Å². The number of aliphatic hydroxyl groups is 3. The van der Waals surface area contributed by atoms with Gasteiger partial charge in [0.15, 0.2) is 0 Å². The Kier molecular flexibility index (Phi) is 26.4. The minimum absolute atomic E-state index is 0.0972. The summed E-state index contributed by atoms with van der Waals surface area (Å²) in [5.41, 5.74) is 4.78. The van der Waals surface area contributed by atoms with E-state index in [2.05, 4.69) is 65.5 Å². The van der Waals surface area contributed by atoms with Crippen molar-refractivity contribution in [3.05, 3.63) is 0 Å². The molecule has 2 atom stereocenters. The third-order valence-electron chi connectivity index (χ3n) is 7.48. The number of nitrogens with two attached hydrogens (primary N) is 1. The molecule has 1 aliphatic rings. The van der Waals surface area contributed by atoms with Gasteiger partial charge in [-0.25, -0.2) is 0 Å². The molecule has 1 fully saturated rings. The molecule has 0 aliphatic carbocycles. The fourth-order valence-electron chi connectivity index (χ4n) is 4.16. The Bertz CT molecular complexity index is 609. The van der Waals surface area contributed by atoms with E-state index < -0.39 is 32.3 Å². The van der Waals surface area contributed by atoms with E-state index >= 15 is 0 Å². The van der Waals surface area contributed by atoms with Gasteiger partial charge in [0.2, 0.25) is 0 Å². The van der Waals surface area contributed by atoms with Crippen LogP contribution in [0.3, 0.4) is 0 Å². The van der Waals surface area contributed by atoms with E-state index in [9.17, 15) is 5.11 Å². The summed E-state index contributed by atoms with van der Waals surface area (Å²) in [5.74, 6) is 0. The fraction of sp³-hybridized carbons (Fsp3) is 1.00. The van der Waals surface area contributed by atoms with E-state index in [0.29, 0.717) is 19.3 Å². The monoisotopic (exact) mass is 669 g/mol. The van der Waals surface area contributed by atoms with Crippen LogP contribution in [-0.4, -0.2) is 113 Å². The molecule has 1 saturated heterocycles. The van der Waals surface area contributed by atoms with E-state index in [-0.39, 0.29) is 19.3 Å². The number of unbranched alkanes of at least 4 members (excludes halogenated alkanes) is 1. The van der Waals surface area contributed by atoms with Crippen LogP contribution < -0.4 is 5.73 Å².